The summed E-state index contributed by atoms with van der Waals surface area (Å²) in [6, 6.07) is 1.37. The largest absolute Gasteiger partial charge is 0.379 e. The molecule has 0 radical (unpaired) electrons. The van der Waals surface area contributed by atoms with Gasteiger partial charge >= 0.3 is 0 Å². The Morgan fingerprint density at radius 1 is 1.35 bits per heavy atom. The lowest BCUT2D eigenvalue weighted by Gasteiger charge is -2.42. The van der Waals surface area contributed by atoms with Crippen LogP contribution < -0.4 is 5.32 Å². The van der Waals surface area contributed by atoms with Crippen molar-refractivity contribution in [1.29, 1.82) is 0 Å². The number of methoxy groups -OCH3 is 1. The normalized spacial score (nSPS) is 25.4. The summed E-state index contributed by atoms with van der Waals surface area (Å²) < 4.78 is 5.57. The molecule has 0 aromatic rings. The number of nitrogens with zero attached hydrogens (tertiary/aromatic N) is 1. The summed E-state index contributed by atoms with van der Waals surface area (Å²) in [5, 5.41) is 3.75. The van der Waals surface area contributed by atoms with Crippen molar-refractivity contribution < 1.29 is 4.74 Å². The molecule has 1 aliphatic heterocycles. The van der Waals surface area contributed by atoms with Gasteiger partial charge in [-0.3, -0.25) is 4.90 Å². The van der Waals surface area contributed by atoms with Gasteiger partial charge in [0.1, 0.15) is 0 Å². The Morgan fingerprint density at radius 2 is 2.05 bits per heavy atom. The van der Waals surface area contributed by atoms with E-state index < -0.39 is 0 Å². The van der Waals surface area contributed by atoms with Crippen LogP contribution in [0.4, 0.5) is 0 Å². The van der Waals surface area contributed by atoms with E-state index in [9.17, 15) is 0 Å². The van der Waals surface area contributed by atoms with Crippen molar-refractivity contribution in [2.75, 3.05) is 26.7 Å². The van der Waals surface area contributed by atoms with Crippen LogP contribution in [0.25, 0.3) is 0 Å². The molecule has 3 nitrogen and oxygen atoms in total. The number of piperazine rings is 1. The Labute approximate surface area is 126 Å². The number of ether oxygens (including phenoxy) is 1. The molecule has 0 saturated carbocycles. The van der Waals surface area contributed by atoms with Crippen LogP contribution in [0.1, 0.15) is 60.3 Å². The molecular weight excluding hydrogens is 248 g/mol. The zero-order chi connectivity index (χ0) is 15.2. The van der Waals surface area contributed by atoms with E-state index in [0.29, 0.717) is 12.1 Å². The van der Waals surface area contributed by atoms with Crippen molar-refractivity contribution in [1.82, 2.24) is 10.2 Å². The topological polar surface area (TPSA) is 24.5 Å². The molecule has 0 spiro atoms. The lowest BCUT2D eigenvalue weighted by Crippen LogP contribution is -2.57. The highest BCUT2D eigenvalue weighted by molar-refractivity contribution is 4.87. The van der Waals surface area contributed by atoms with E-state index in [1.165, 1.54) is 25.8 Å². The lowest BCUT2D eigenvalue weighted by atomic mass is 9.96. The summed E-state index contributed by atoms with van der Waals surface area (Å²) in [6.07, 6.45) is 4.96. The molecule has 0 aromatic heterocycles. The third-order valence-electron chi connectivity index (χ3n) is 4.54. The van der Waals surface area contributed by atoms with E-state index in [4.69, 9.17) is 4.74 Å². The fraction of sp³-hybridized carbons (Fsp3) is 1.00. The molecule has 3 heteroatoms. The molecule has 1 N–H and O–H groups in total. The summed E-state index contributed by atoms with van der Waals surface area (Å²) in [6.45, 7) is 14.8. The molecule has 20 heavy (non-hydrogen) atoms. The first-order valence-electron chi connectivity index (χ1n) is 8.40. The minimum Gasteiger partial charge on any atom is -0.379 e. The Bertz CT molecular complexity index is 266. The van der Waals surface area contributed by atoms with Crippen molar-refractivity contribution in [3.8, 4) is 0 Å². The third kappa shape index (κ3) is 6.11. The maximum absolute atomic E-state index is 5.57. The number of hydrogen-bond acceptors (Lipinski definition) is 3. The molecule has 0 aromatic carbocycles. The van der Waals surface area contributed by atoms with Crippen LogP contribution in [0.3, 0.4) is 0 Å². The first-order valence-corrected chi connectivity index (χ1v) is 8.40. The molecular formula is C17H36N2O. The van der Waals surface area contributed by atoms with Gasteiger partial charge in [0.05, 0.1) is 5.60 Å². The van der Waals surface area contributed by atoms with E-state index >= 15 is 0 Å². The first-order chi connectivity index (χ1) is 9.38. The Kier molecular flexibility index (Phi) is 7.49. The second-order valence-corrected chi connectivity index (χ2v) is 7.39. The molecule has 2 atom stereocenters. The Balaban J connectivity index is 2.54. The zero-order valence-electron chi connectivity index (χ0n) is 14.5. The third-order valence-corrected chi connectivity index (χ3v) is 4.54. The standard InChI is InChI=1S/C17H36N2O/c1-7-8-16-12-18-15(11-14(2)3)13-19(16)10-9-17(4,5)20-6/h14-16,18H,7-13H2,1-6H3. The minimum atomic E-state index is -0.00478. The van der Waals surface area contributed by atoms with E-state index in [1.807, 2.05) is 7.11 Å². The van der Waals surface area contributed by atoms with Crippen LogP contribution >= 0.6 is 0 Å². The highest BCUT2D eigenvalue weighted by Crippen LogP contribution is 2.20. The summed E-state index contributed by atoms with van der Waals surface area (Å²) in [7, 11) is 1.82. The van der Waals surface area contributed by atoms with Crippen LogP contribution in [0.15, 0.2) is 0 Å². The predicted molar refractivity (Wildman–Crippen MR) is 87.2 cm³/mol. The van der Waals surface area contributed by atoms with Crippen LogP contribution in [-0.2, 0) is 4.74 Å². The maximum atomic E-state index is 5.57. The summed E-state index contributed by atoms with van der Waals surface area (Å²) in [4.78, 5) is 2.70. The average Bonchev–Trinajstić information content (AvgIpc) is 2.38. The summed E-state index contributed by atoms with van der Waals surface area (Å²) >= 11 is 0. The second kappa shape index (κ2) is 8.35. The van der Waals surface area contributed by atoms with Crippen molar-refractivity contribution in [2.45, 2.75) is 78.0 Å². The maximum Gasteiger partial charge on any atom is 0.0634 e. The van der Waals surface area contributed by atoms with Crippen LogP contribution in [0, 0.1) is 5.92 Å². The smallest absolute Gasteiger partial charge is 0.0634 e. The molecule has 1 fully saturated rings. The average molecular weight is 284 g/mol. The number of nitrogens with one attached hydrogen (secondary N) is 1. The highest BCUT2D eigenvalue weighted by atomic mass is 16.5. The molecule has 1 heterocycles. The highest BCUT2D eigenvalue weighted by Gasteiger charge is 2.29. The fourth-order valence-electron chi connectivity index (χ4n) is 3.06. The van der Waals surface area contributed by atoms with Gasteiger partial charge in [-0.2, -0.15) is 0 Å². The van der Waals surface area contributed by atoms with E-state index in [1.54, 1.807) is 0 Å². The SMILES string of the molecule is CCCC1CNC(CC(C)C)CN1CCC(C)(C)OC. The minimum absolute atomic E-state index is 0.00478. The number of hydrogen-bond donors (Lipinski definition) is 1. The molecule has 1 saturated heterocycles. The monoisotopic (exact) mass is 284 g/mol. The molecule has 120 valence electrons. The van der Waals surface area contributed by atoms with Gasteiger partial charge in [0, 0.05) is 38.8 Å². The van der Waals surface area contributed by atoms with Gasteiger partial charge in [-0.1, -0.05) is 27.2 Å². The molecule has 1 aliphatic rings. The molecule has 0 bridgehead atoms. The van der Waals surface area contributed by atoms with E-state index in [2.05, 4.69) is 44.8 Å². The van der Waals surface area contributed by atoms with Crippen molar-refractivity contribution >= 4 is 0 Å². The van der Waals surface area contributed by atoms with Crippen molar-refractivity contribution in [3.63, 3.8) is 0 Å². The van der Waals surface area contributed by atoms with Crippen LogP contribution in [0.5, 0.6) is 0 Å². The second-order valence-electron chi connectivity index (χ2n) is 7.39. The molecule has 2 unspecified atom stereocenters. The molecule has 1 rings (SSSR count). The van der Waals surface area contributed by atoms with Crippen molar-refractivity contribution in [2.24, 2.45) is 5.92 Å². The van der Waals surface area contributed by atoms with E-state index in [-0.39, 0.29) is 5.60 Å². The van der Waals surface area contributed by atoms with Gasteiger partial charge in [0.2, 0.25) is 0 Å². The van der Waals surface area contributed by atoms with Crippen LogP contribution in [0.2, 0.25) is 0 Å². The van der Waals surface area contributed by atoms with Crippen LogP contribution in [-0.4, -0.2) is 49.3 Å². The lowest BCUT2D eigenvalue weighted by molar-refractivity contribution is -0.00138. The van der Waals surface area contributed by atoms with Gasteiger partial charge in [-0.15, -0.1) is 0 Å². The molecule has 0 amide bonds. The predicted octanol–water partition coefficient (Wildman–Crippen LogP) is 3.29. The molecule has 0 aliphatic carbocycles. The van der Waals surface area contributed by atoms with E-state index in [0.717, 1.165) is 25.4 Å². The summed E-state index contributed by atoms with van der Waals surface area (Å²) in [5.74, 6) is 0.771. The first kappa shape index (κ1) is 17.9. The van der Waals surface area contributed by atoms with Gasteiger partial charge < -0.3 is 10.1 Å². The fourth-order valence-corrected chi connectivity index (χ4v) is 3.06. The van der Waals surface area contributed by atoms with Crippen molar-refractivity contribution in [3.05, 3.63) is 0 Å². The summed E-state index contributed by atoms with van der Waals surface area (Å²) in [5.41, 5.74) is -0.00478. The quantitative estimate of drug-likeness (QED) is 0.740. The Morgan fingerprint density at radius 3 is 2.60 bits per heavy atom. The van der Waals surface area contributed by atoms with Gasteiger partial charge in [0.15, 0.2) is 0 Å². The Hall–Kier alpha value is -0.120. The van der Waals surface area contributed by atoms with Gasteiger partial charge in [0.25, 0.3) is 0 Å². The van der Waals surface area contributed by atoms with Gasteiger partial charge in [-0.25, -0.2) is 0 Å². The van der Waals surface area contributed by atoms with Gasteiger partial charge in [-0.05, 0) is 39.0 Å². The number of rotatable bonds is 8. The zero-order valence-corrected chi connectivity index (χ0v) is 14.5.